The summed E-state index contributed by atoms with van der Waals surface area (Å²) >= 11 is 0. The molecule has 0 saturated heterocycles. The summed E-state index contributed by atoms with van der Waals surface area (Å²) in [5.41, 5.74) is 1.65. The summed E-state index contributed by atoms with van der Waals surface area (Å²) in [5, 5.41) is 12.0. The topological polar surface area (TPSA) is 73.2 Å². The average molecular weight is 347 g/mol. The van der Waals surface area contributed by atoms with Gasteiger partial charge < -0.3 is 10.2 Å². The number of hydrogen-bond donors (Lipinski definition) is 1. The zero-order valence-corrected chi connectivity index (χ0v) is 15.0. The van der Waals surface area contributed by atoms with Crippen molar-refractivity contribution >= 4 is 23.2 Å². The number of amides is 2. The van der Waals surface area contributed by atoms with Crippen LogP contribution in [0.25, 0.3) is 0 Å². The lowest BCUT2D eigenvalue weighted by Crippen LogP contribution is -2.43. The second-order valence-electron chi connectivity index (χ2n) is 6.58. The fourth-order valence-electron chi connectivity index (χ4n) is 3.09. The van der Waals surface area contributed by atoms with Gasteiger partial charge in [-0.05, 0) is 56.5 Å². The van der Waals surface area contributed by atoms with Crippen LogP contribution in [0.2, 0.25) is 0 Å². The lowest BCUT2D eigenvalue weighted by Gasteiger charge is -2.26. The Hall–Kier alpha value is -3.13. The second kappa shape index (κ2) is 7.01. The molecule has 0 spiro atoms. The van der Waals surface area contributed by atoms with Crippen LogP contribution in [0.1, 0.15) is 30.9 Å². The van der Waals surface area contributed by atoms with E-state index in [2.05, 4.69) is 11.4 Å². The molecule has 3 rings (SSSR count). The van der Waals surface area contributed by atoms with Crippen LogP contribution in [0.15, 0.2) is 48.5 Å². The molecule has 1 aliphatic rings. The number of nitrogens with one attached hydrogen (secondary N) is 1. The summed E-state index contributed by atoms with van der Waals surface area (Å²) in [7, 11) is 0. The summed E-state index contributed by atoms with van der Waals surface area (Å²) in [4.78, 5) is 27.7. The van der Waals surface area contributed by atoms with Crippen LogP contribution in [0, 0.1) is 23.7 Å². The van der Waals surface area contributed by atoms with E-state index < -0.39 is 5.41 Å². The standard InChI is InChI=1S/C21H21N3O2/c1-3-24(17-9-6-7-15(2)13-17)20(26)21(11-12-21)19(25)23-18-10-5-4-8-16(18)14-22/h4-10,13H,3,11-12H2,1-2H3,(H,23,25). The van der Waals surface area contributed by atoms with E-state index in [0.717, 1.165) is 11.3 Å². The normalized spacial score (nSPS) is 14.2. The van der Waals surface area contributed by atoms with Gasteiger partial charge in [-0.15, -0.1) is 0 Å². The summed E-state index contributed by atoms with van der Waals surface area (Å²) in [6.07, 6.45) is 1.05. The van der Waals surface area contributed by atoms with Crippen molar-refractivity contribution in [3.63, 3.8) is 0 Å². The van der Waals surface area contributed by atoms with Gasteiger partial charge in [0.1, 0.15) is 11.5 Å². The molecule has 132 valence electrons. The van der Waals surface area contributed by atoms with Gasteiger partial charge in [0, 0.05) is 12.2 Å². The zero-order chi connectivity index (χ0) is 18.7. The molecule has 0 unspecified atom stereocenters. The summed E-state index contributed by atoms with van der Waals surface area (Å²) in [5.74, 6) is -0.520. The highest BCUT2D eigenvalue weighted by atomic mass is 16.2. The Kier molecular flexibility index (Phi) is 4.77. The number of carbonyl (C=O) groups is 2. The molecule has 5 heteroatoms. The molecule has 1 saturated carbocycles. The first-order chi connectivity index (χ1) is 12.5. The Bertz CT molecular complexity index is 894. The lowest BCUT2D eigenvalue weighted by atomic mass is 10.0. The molecule has 0 atom stereocenters. The molecule has 0 aliphatic heterocycles. The molecule has 1 aliphatic carbocycles. The predicted octanol–water partition coefficient (Wildman–Crippen LogP) is 3.64. The van der Waals surface area contributed by atoms with Crippen LogP contribution in [-0.2, 0) is 9.59 Å². The highest BCUT2D eigenvalue weighted by molar-refractivity contribution is 6.17. The first-order valence-corrected chi connectivity index (χ1v) is 8.71. The Morgan fingerprint density at radius 3 is 2.54 bits per heavy atom. The maximum absolute atomic E-state index is 13.2. The second-order valence-corrected chi connectivity index (χ2v) is 6.58. The minimum Gasteiger partial charge on any atom is -0.324 e. The van der Waals surface area contributed by atoms with Gasteiger partial charge in [-0.1, -0.05) is 24.3 Å². The van der Waals surface area contributed by atoms with E-state index in [4.69, 9.17) is 0 Å². The maximum Gasteiger partial charge on any atom is 0.242 e. The number of hydrogen-bond acceptors (Lipinski definition) is 3. The number of rotatable bonds is 5. The van der Waals surface area contributed by atoms with Gasteiger partial charge in [-0.2, -0.15) is 5.26 Å². The SMILES string of the molecule is CCN(C(=O)C1(C(=O)Nc2ccccc2C#N)CC1)c1cccc(C)c1. The van der Waals surface area contributed by atoms with Gasteiger partial charge in [-0.3, -0.25) is 9.59 Å². The third-order valence-corrected chi connectivity index (χ3v) is 4.76. The van der Waals surface area contributed by atoms with Gasteiger partial charge in [0.2, 0.25) is 11.8 Å². The number of carbonyl (C=O) groups excluding carboxylic acids is 2. The van der Waals surface area contributed by atoms with Crippen molar-refractivity contribution in [3.8, 4) is 6.07 Å². The average Bonchev–Trinajstić information content (AvgIpc) is 3.45. The van der Waals surface area contributed by atoms with Crippen LogP contribution in [0.3, 0.4) is 0 Å². The molecular weight excluding hydrogens is 326 g/mol. The maximum atomic E-state index is 13.2. The first kappa shape index (κ1) is 17.7. The van der Waals surface area contributed by atoms with Crippen molar-refractivity contribution in [3.05, 3.63) is 59.7 Å². The Morgan fingerprint density at radius 1 is 1.19 bits per heavy atom. The van der Waals surface area contributed by atoms with Crippen LogP contribution in [0.5, 0.6) is 0 Å². The zero-order valence-electron chi connectivity index (χ0n) is 15.0. The summed E-state index contributed by atoms with van der Waals surface area (Å²) in [6, 6.07) is 16.6. The predicted molar refractivity (Wildman–Crippen MR) is 101 cm³/mol. The van der Waals surface area contributed by atoms with Crippen molar-refractivity contribution in [1.82, 2.24) is 0 Å². The highest BCUT2D eigenvalue weighted by Gasteiger charge is 2.58. The molecule has 26 heavy (non-hydrogen) atoms. The highest BCUT2D eigenvalue weighted by Crippen LogP contribution is 2.49. The summed E-state index contributed by atoms with van der Waals surface area (Å²) in [6.45, 7) is 4.37. The monoisotopic (exact) mass is 347 g/mol. The third kappa shape index (κ3) is 3.18. The number of nitriles is 1. The summed E-state index contributed by atoms with van der Waals surface area (Å²) < 4.78 is 0. The number of nitrogens with zero attached hydrogens (tertiary/aromatic N) is 2. The molecule has 1 fully saturated rings. The molecule has 0 heterocycles. The van der Waals surface area contributed by atoms with E-state index in [1.807, 2.05) is 38.1 Å². The molecule has 1 N–H and O–H groups in total. The minimum absolute atomic E-state index is 0.183. The van der Waals surface area contributed by atoms with E-state index in [-0.39, 0.29) is 11.8 Å². The van der Waals surface area contributed by atoms with Crippen molar-refractivity contribution < 1.29 is 9.59 Å². The smallest absolute Gasteiger partial charge is 0.242 e. The van der Waals surface area contributed by atoms with E-state index in [0.29, 0.717) is 30.6 Å². The quantitative estimate of drug-likeness (QED) is 0.839. The molecule has 2 aromatic carbocycles. The number of para-hydroxylation sites is 1. The van der Waals surface area contributed by atoms with Crippen LogP contribution in [0.4, 0.5) is 11.4 Å². The number of anilines is 2. The first-order valence-electron chi connectivity index (χ1n) is 8.71. The molecule has 0 aromatic heterocycles. The number of benzene rings is 2. The van der Waals surface area contributed by atoms with Crippen molar-refractivity contribution in [2.75, 3.05) is 16.8 Å². The Balaban J connectivity index is 1.84. The molecule has 5 nitrogen and oxygen atoms in total. The Morgan fingerprint density at radius 2 is 1.92 bits per heavy atom. The Labute approximate surface area is 153 Å². The van der Waals surface area contributed by atoms with E-state index in [1.54, 1.807) is 29.2 Å². The minimum atomic E-state index is -1.04. The molecule has 2 aromatic rings. The largest absolute Gasteiger partial charge is 0.324 e. The lowest BCUT2D eigenvalue weighted by molar-refractivity contribution is -0.132. The number of aryl methyl sites for hydroxylation is 1. The van der Waals surface area contributed by atoms with Gasteiger partial charge in [0.25, 0.3) is 0 Å². The molecule has 0 radical (unpaired) electrons. The molecule has 2 amide bonds. The fourth-order valence-corrected chi connectivity index (χ4v) is 3.09. The van der Waals surface area contributed by atoms with Gasteiger partial charge in [0.15, 0.2) is 0 Å². The molecular formula is C21H21N3O2. The van der Waals surface area contributed by atoms with Crippen LogP contribution >= 0.6 is 0 Å². The molecule has 0 bridgehead atoms. The fraction of sp³-hybridized carbons (Fsp3) is 0.286. The van der Waals surface area contributed by atoms with Crippen LogP contribution < -0.4 is 10.2 Å². The van der Waals surface area contributed by atoms with Crippen molar-refractivity contribution in [2.24, 2.45) is 5.41 Å². The third-order valence-electron chi connectivity index (χ3n) is 4.76. The van der Waals surface area contributed by atoms with E-state index in [9.17, 15) is 14.9 Å². The van der Waals surface area contributed by atoms with Gasteiger partial charge in [0.05, 0.1) is 11.3 Å². The van der Waals surface area contributed by atoms with Crippen molar-refractivity contribution in [1.29, 1.82) is 5.26 Å². The van der Waals surface area contributed by atoms with Crippen LogP contribution in [-0.4, -0.2) is 18.4 Å². The van der Waals surface area contributed by atoms with E-state index >= 15 is 0 Å². The van der Waals surface area contributed by atoms with Gasteiger partial charge in [-0.25, -0.2) is 0 Å². The van der Waals surface area contributed by atoms with Crippen molar-refractivity contribution in [2.45, 2.75) is 26.7 Å². The van der Waals surface area contributed by atoms with E-state index in [1.165, 1.54) is 0 Å². The van der Waals surface area contributed by atoms with Gasteiger partial charge >= 0.3 is 0 Å².